The molecule has 2 amide bonds. The van der Waals surface area contributed by atoms with Gasteiger partial charge in [-0.25, -0.2) is 4.79 Å². The summed E-state index contributed by atoms with van der Waals surface area (Å²) in [7, 11) is 1.37. The highest BCUT2D eigenvalue weighted by Crippen LogP contribution is 2.06. The van der Waals surface area contributed by atoms with E-state index in [4.69, 9.17) is 0 Å². The van der Waals surface area contributed by atoms with Crippen LogP contribution in [0.1, 0.15) is 20.3 Å². The molecule has 6 heteroatoms. The molecule has 1 fully saturated rings. The third kappa shape index (κ3) is 4.18. The van der Waals surface area contributed by atoms with E-state index in [9.17, 15) is 9.59 Å². The van der Waals surface area contributed by atoms with Crippen LogP contribution in [0.2, 0.25) is 0 Å². The van der Waals surface area contributed by atoms with Crippen LogP contribution in [0.25, 0.3) is 0 Å². The van der Waals surface area contributed by atoms with E-state index >= 15 is 0 Å². The molecule has 1 N–H and O–H groups in total. The van der Waals surface area contributed by atoms with Crippen molar-refractivity contribution in [3.8, 4) is 0 Å². The zero-order chi connectivity index (χ0) is 13.5. The molecule has 1 heterocycles. The van der Waals surface area contributed by atoms with Crippen LogP contribution in [-0.4, -0.2) is 67.7 Å². The number of hydrogen-bond donors (Lipinski definition) is 1. The summed E-state index contributed by atoms with van der Waals surface area (Å²) in [6, 6.07) is 0.195. The molecular weight excluding hydrogens is 234 g/mol. The second kappa shape index (κ2) is 7.20. The number of ether oxygens (including phenoxy) is 1. The first-order valence-corrected chi connectivity index (χ1v) is 6.42. The summed E-state index contributed by atoms with van der Waals surface area (Å²) in [5.41, 5.74) is 0. The largest absolute Gasteiger partial charge is 0.453 e. The number of rotatable bonds is 4. The van der Waals surface area contributed by atoms with E-state index < -0.39 is 0 Å². The fraction of sp³-hybridized carbons (Fsp3) is 0.833. The highest BCUT2D eigenvalue weighted by Gasteiger charge is 2.24. The molecule has 0 bridgehead atoms. The van der Waals surface area contributed by atoms with Crippen LogP contribution >= 0.6 is 0 Å². The third-order valence-electron chi connectivity index (χ3n) is 3.10. The minimum absolute atomic E-state index is 0.146. The molecule has 0 spiro atoms. The van der Waals surface area contributed by atoms with Gasteiger partial charge in [0.1, 0.15) is 0 Å². The molecule has 0 radical (unpaired) electrons. The Labute approximate surface area is 108 Å². The molecule has 1 aliphatic heterocycles. The number of nitrogens with one attached hydrogen (secondary N) is 1. The van der Waals surface area contributed by atoms with Gasteiger partial charge in [-0.2, -0.15) is 0 Å². The molecule has 1 atom stereocenters. The maximum atomic E-state index is 12.0. The van der Waals surface area contributed by atoms with Crippen LogP contribution in [0.5, 0.6) is 0 Å². The number of carbonyl (C=O) groups is 2. The Morgan fingerprint density at radius 2 is 1.78 bits per heavy atom. The number of piperazine rings is 1. The predicted molar refractivity (Wildman–Crippen MR) is 68.3 cm³/mol. The third-order valence-corrected chi connectivity index (χ3v) is 3.10. The van der Waals surface area contributed by atoms with Crippen molar-refractivity contribution in [2.24, 2.45) is 0 Å². The Balaban J connectivity index is 2.33. The molecule has 0 aromatic rings. The quantitative estimate of drug-likeness (QED) is 0.786. The Kier molecular flexibility index (Phi) is 5.91. The van der Waals surface area contributed by atoms with Gasteiger partial charge < -0.3 is 19.9 Å². The van der Waals surface area contributed by atoms with Crippen LogP contribution in [0.3, 0.4) is 0 Å². The molecule has 6 nitrogen and oxygen atoms in total. The average molecular weight is 257 g/mol. The lowest BCUT2D eigenvalue weighted by Crippen LogP contribution is -2.51. The number of methoxy groups -OCH3 is 1. The minimum Gasteiger partial charge on any atom is -0.453 e. The molecule has 104 valence electrons. The lowest BCUT2D eigenvalue weighted by molar-refractivity contribution is -0.133. The normalized spacial score (nSPS) is 17.5. The summed E-state index contributed by atoms with van der Waals surface area (Å²) in [4.78, 5) is 26.7. The molecule has 18 heavy (non-hydrogen) atoms. The predicted octanol–water partition coefficient (Wildman–Crippen LogP) is 0.285. The molecule has 1 unspecified atom stereocenters. The van der Waals surface area contributed by atoms with Gasteiger partial charge in [-0.15, -0.1) is 0 Å². The Hall–Kier alpha value is -1.30. The van der Waals surface area contributed by atoms with E-state index in [-0.39, 0.29) is 18.0 Å². The molecule has 0 aromatic carbocycles. The second-order valence-electron chi connectivity index (χ2n) is 4.50. The lowest BCUT2D eigenvalue weighted by atomic mass is 10.2. The van der Waals surface area contributed by atoms with E-state index in [1.54, 1.807) is 4.90 Å². The standard InChI is InChI=1S/C12H23N3O3/c1-4-13-10(2)9-11(16)14-5-7-15(8-6-14)12(17)18-3/h10,13H,4-9H2,1-3H3. The van der Waals surface area contributed by atoms with Gasteiger partial charge in [0.05, 0.1) is 7.11 Å². The fourth-order valence-electron chi connectivity index (χ4n) is 2.08. The van der Waals surface area contributed by atoms with Crippen LogP contribution < -0.4 is 5.32 Å². The Morgan fingerprint density at radius 1 is 1.22 bits per heavy atom. The number of hydrogen-bond acceptors (Lipinski definition) is 4. The summed E-state index contributed by atoms with van der Waals surface area (Å²) in [6.45, 7) is 7.17. The first kappa shape index (κ1) is 14.8. The molecule has 1 rings (SSSR count). The van der Waals surface area contributed by atoms with Crippen molar-refractivity contribution >= 4 is 12.0 Å². The number of carbonyl (C=O) groups excluding carboxylic acids is 2. The highest BCUT2D eigenvalue weighted by atomic mass is 16.5. The van der Waals surface area contributed by atoms with E-state index in [0.717, 1.165) is 6.54 Å². The van der Waals surface area contributed by atoms with E-state index in [1.165, 1.54) is 7.11 Å². The van der Waals surface area contributed by atoms with Gasteiger partial charge in [0.2, 0.25) is 5.91 Å². The van der Waals surface area contributed by atoms with Gasteiger partial charge >= 0.3 is 6.09 Å². The van der Waals surface area contributed by atoms with Crippen molar-refractivity contribution in [1.29, 1.82) is 0 Å². The molecule has 0 aliphatic carbocycles. The van der Waals surface area contributed by atoms with Crippen molar-refractivity contribution in [2.45, 2.75) is 26.3 Å². The fourth-order valence-corrected chi connectivity index (χ4v) is 2.08. The lowest BCUT2D eigenvalue weighted by Gasteiger charge is -2.34. The van der Waals surface area contributed by atoms with Gasteiger partial charge in [0.25, 0.3) is 0 Å². The summed E-state index contributed by atoms with van der Waals surface area (Å²) >= 11 is 0. The molecule has 0 aromatic heterocycles. The highest BCUT2D eigenvalue weighted by molar-refractivity contribution is 5.77. The monoisotopic (exact) mass is 257 g/mol. The smallest absolute Gasteiger partial charge is 0.409 e. The average Bonchev–Trinajstić information content (AvgIpc) is 2.38. The van der Waals surface area contributed by atoms with Crippen molar-refractivity contribution < 1.29 is 14.3 Å². The maximum Gasteiger partial charge on any atom is 0.409 e. The molecule has 1 aliphatic rings. The molecular formula is C12H23N3O3. The maximum absolute atomic E-state index is 12.0. The van der Waals surface area contributed by atoms with Gasteiger partial charge in [-0.3, -0.25) is 4.79 Å². The van der Waals surface area contributed by atoms with Crippen molar-refractivity contribution in [3.05, 3.63) is 0 Å². The first-order valence-electron chi connectivity index (χ1n) is 6.42. The van der Waals surface area contributed by atoms with Gasteiger partial charge in [-0.05, 0) is 13.5 Å². The summed E-state index contributed by atoms with van der Waals surface area (Å²) < 4.78 is 4.66. The van der Waals surface area contributed by atoms with Crippen molar-refractivity contribution in [1.82, 2.24) is 15.1 Å². The number of nitrogens with zero attached hydrogens (tertiary/aromatic N) is 2. The van der Waals surface area contributed by atoms with Crippen molar-refractivity contribution in [2.75, 3.05) is 39.8 Å². The summed E-state index contributed by atoms with van der Waals surface area (Å²) in [6.07, 6.45) is 0.189. The zero-order valence-electron chi connectivity index (χ0n) is 11.4. The summed E-state index contributed by atoms with van der Waals surface area (Å²) in [5, 5.41) is 3.22. The number of amides is 2. The van der Waals surface area contributed by atoms with Crippen molar-refractivity contribution in [3.63, 3.8) is 0 Å². The minimum atomic E-state index is -0.317. The van der Waals surface area contributed by atoms with Gasteiger partial charge in [0.15, 0.2) is 0 Å². The van der Waals surface area contributed by atoms with E-state index in [1.807, 2.05) is 18.7 Å². The second-order valence-corrected chi connectivity index (χ2v) is 4.50. The SMILES string of the molecule is CCNC(C)CC(=O)N1CCN(C(=O)OC)CC1. The zero-order valence-corrected chi connectivity index (χ0v) is 11.4. The Morgan fingerprint density at radius 3 is 2.28 bits per heavy atom. The van der Waals surface area contributed by atoms with Gasteiger partial charge in [-0.1, -0.05) is 6.92 Å². The van der Waals surface area contributed by atoms with E-state index in [0.29, 0.717) is 32.6 Å². The summed E-state index contributed by atoms with van der Waals surface area (Å²) in [5.74, 6) is 0.146. The van der Waals surface area contributed by atoms with Crippen LogP contribution in [0.4, 0.5) is 4.79 Å². The Bertz CT molecular complexity index is 288. The topological polar surface area (TPSA) is 61.9 Å². The van der Waals surface area contributed by atoms with Gasteiger partial charge in [0, 0.05) is 38.6 Å². The first-order chi connectivity index (χ1) is 8.58. The van der Waals surface area contributed by atoms with E-state index in [2.05, 4.69) is 10.1 Å². The van der Waals surface area contributed by atoms with Crippen LogP contribution in [0, 0.1) is 0 Å². The van der Waals surface area contributed by atoms with Crippen LogP contribution in [-0.2, 0) is 9.53 Å². The molecule has 0 saturated carbocycles. The van der Waals surface area contributed by atoms with Crippen LogP contribution in [0.15, 0.2) is 0 Å². The molecule has 1 saturated heterocycles.